The lowest BCUT2D eigenvalue weighted by atomic mass is 10.1. The third-order valence-corrected chi connectivity index (χ3v) is 10.4. The van der Waals surface area contributed by atoms with E-state index >= 15 is 4.39 Å². The van der Waals surface area contributed by atoms with Gasteiger partial charge in [-0.1, -0.05) is 6.07 Å². The van der Waals surface area contributed by atoms with Crippen molar-refractivity contribution >= 4 is 39.5 Å². The molecular weight excluding hydrogens is 579 g/mol. The van der Waals surface area contributed by atoms with Gasteiger partial charge in [0.05, 0.1) is 18.7 Å². The number of benzene rings is 2. The standard InChI is InChI=1S/C33H39FN6O3S/c1-3-43-29-19-22-20-35-33(37-24-13-11-23(12-14-24)36-25-15-17-39(2)18-16-25)38-31(22)40(32(29)41)21-27-28(34)9-6-10-30(27)44(42)26-7-4-5-8-26/h6,9-14,19-20,25-26,36H,3-5,7-8,15-18,21H2,1-2H3,(H,35,37,38). The molecule has 0 amide bonds. The molecule has 1 unspecified atom stereocenters. The molecule has 44 heavy (non-hydrogen) atoms. The van der Waals surface area contributed by atoms with Gasteiger partial charge in [0, 0.05) is 29.0 Å². The molecule has 232 valence electrons. The predicted molar refractivity (Wildman–Crippen MR) is 173 cm³/mol. The van der Waals surface area contributed by atoms with Gasteiger partial charge < -0.3 is 24.8 Å². The van der Waals surface area contributed by atoms with Crippen molar-refractivity contribution < 1.29 is 13.7 Å². The summed E-state index contributed by atoms with van der Waals surface area (Å²) in [7, 11) is 2.15. The summed E-state index contributed by atoms with van der Waals surface area (Å²) in [5.74, 6) is -0.0713. The van der Waals surface area contributed by atoms with Crippen LogP contribution in [-0.4, -0.2) is 62.0 Å². The Morgan fingerprint density at radius 3 is 2.52 bits per heavy atom. The molecule has 4 aromatic rings. The van der Waals surface area contributed by atoms with Crippen molar-refractivity contribution in [3.8, 4) is 5.75 Å². The molecule has 0 bridgehead atoms. The number of fused-ring (bicyclic) bond motifs is 1. The van der Waals surface area contributed by atoms with E-state index in [0.717, 1.165) is 63.0 Å². The number of rotatable bonds is 10. The summed E-state index contributed by atoms with van der Waals surface area (Å²) in [5, 5.41) is 7.41. The van der Waals surface area contributed by atoms with E-state index in [0.29, 0.717) is 34.5 Å². The molecule has 2 N–H and O–H groups in total. The van der Waals surface area contributed by atoms with E-state index in [2.05, 4.69) is 27.6 Å². The highest BCUT2D eigenvalue weighted by Crippen LogP contribution is 2.33. The average molecular weight is 619 g/mol. The summed E-state index contributed by atoms with van der Waals surface area (Å²) < 4.78 is 36.0. The third-order valence-electron chi connectivity index (χ3n) is 8.54. The normalized spacial score (nSPS) is 17.2. The van der Waals surface area contributed by atoms with Crippen molar-refractivity contribution in [2.24, 2.45) is 0 Å². The summed E-state index contributed by atoms with van der Waals surface area (Å²) in [6.45, 7) is 4.13. The first-order chi connectivity index (χ1) is 21.4. The largest absolute Gasteiger partial charge is 0.611 e. The molecule has 1 aliphatic carbocycles. The number of anilines is 3. The van der Waals surface area contributed by atoms with Crippen molar-refractivity contribution in [2.45, 2.75) is 68.2 Å². The SMILES string of the molecule is CCOc1cc2cnc(Nc3ccc(NC4CCN(C)CC4)cc3)nc2n(Cc2c(F)cccc2[S+]([O-])C2CCCC2)c1=O. The van der Waals surface area contributed by atoms with Gasteiger partial charge in [0.1, 0.15) is 16.7 Å². The van der Waals surface area contributed by atoms with E-state index in [9.17, 15) is 9.35 Å². The van der Waals surface area contributed by atoms with Crippen LogP contribution in [0.25, 0.3) is 11.0 Å². The first kappa shape index (κ1) is 30.4. The van der Waals surface area contributed by atoms with E-state index in [4.69, 9.17) is 9.72 Å². The molecule has 1 saturated heterocycles. The fourth-order valence-corrected chi connectivity index (χ4v) is 7.82. The van der Waals surface area contributed by atoms with Crippen LogP contribution in [0.3, 0.4) is 0 Å². The Bertz CT molecular complexity index is 1650. The van der Waals surface area contributed by atoms with Crippen LogP contribution in [0, 0.1) is 5.82 Å². The lowest BCUT2D eigenvalue weighted by molar-refractivity contribution is 0.264. The number of halogens is 1. The van der Waals surface area contributed by atoms with E-state index in [1.807, 2.05) is 24.3 Å². The molecule has 1 aliphatic heterocycles. The molecule has 2 aromatic carbocycles. The summed E-state index contributed by atoms with van der Waals surface area (Å²) in [6, 6.07) is 14.7. The second-order valence-corrected chi connectivity index (χ2v) is 13.4. The van der Waals surface area contributed by atoms with Crippen LogP contribution >= 0.6 is 0 Å². The number of likely N-dealkylation sites (tertiary alicyclic amines) is 1. The molecule has 1 saturated carbocycles. The Hall–Kier alpha value is -3.67. The molecule has 1 atom stereocenters. The van der Waals surface area contributed by atoms with Gasteiger partial charge in [-0.3, -0.25) is 9.36 Å². The first-order valence-electron chi connectivity index (χ1n) is 15.4. The number of nitrogens with one attached hydrogen (secondary N) is 2. The topological polar surface area (TPSA) is 107 Å². The van der Waals surface area contributed by atoms with E-state index < -0.39 is 22.6 Å². The highest BCUT2D eigenvalue weighted by molar-refractivity contribution is 7.92. The van der Waals surface area contributed by atoms with Crippen LogP contribution in [0.4, 0.5) is 21.7 Å². The maximum absolute atomic E-state index is 15.4. The van der Waals surface area contributed by atoms with Crippen LogP contribution in [0.15, 0.2) is 64.4 Å². The molecule has 2 aliphatic rings. The Labute approximate surface area is 260 Å². The lowest BCUT2D eigenvalue weighted by Gasteiger charge is -2.30. The maximum Gasteiger partial charge on any atom is 0.294 e. The van der Waals surface area contributed by atoms with Gasteiger partial charge in [-0.15, -0.1) is 0 Å². The Kier molecular flexibility index (Phi) is 9.34. The highest BCUT2D eigenvalue weighted by atomic mass is 32.2. The lowest BCUT2D eigenvalue weighted by Crippen LogP contribution is -2.36. The quantitative estimate of drug-likeness (QED) is 0.219. The number of ether oxygens (including phenoxy) is 1. The molecular formula is C33H39FN6O3S. The second-order valence-electron chi connectivity index (χ2n) is 11.7. The van der Waals surface area contributed by atoms with Crippen molar-refractivity contribution in [2.75, 3.05) is 37.4 Å². The number of hydrogen-bond donors (Lipinski definition) is 2. The van der Waals surface area contributed by atoms with Crippen LogP contribution in [-0.2, 0) is 17.7 Å². The molecule has 2 fully saturated rings. The van der Waals surface area contributed by atoms with Crippen LogP contribution in [0.5, 0.6) is 5.75 Å². The molecule has 6 rings (SSSR count). The summed E-state index contributed by atoms with van der Waals surface area (Å²) in [6.07, 6.45) is 7.58. The van der Waals surface area contributed by atoms with Gasteiger partial charge in [-0.25, -0.2) is 9.37 Å². The van der Waals surface area contributed by atoms with Gasteiger partial charge in [0.15, 0.2) is 10.6 Å². The number of nitrogens with zero attached hydrogens (tertiary/aromatic N) is 4. The van der Waals surface area contributed by atoms with Crippen LogP contribution in [0.1, 0.15) is 51.0 Å². The molecule has 9 nitrogen and oxygen atoms in total. The molecule has 11 heteroatoms. The van der Waals surface area contributed by atoms with E-state index in [1.54, 1.807) is 31.3 Å². The second kappa shape index (κ2) is 13.5. The third kappa shape index (κ3) is 6.69. The maximum atomic E-state index is 15.4. The molecule has 0 spiro atoms. The van der Waals surface area contributed by atoms with Gasteiger partial charge in [0.25, 0.3) is 5.56 Å². The van der Waals surface area contributed by atoms with Crippen molar-refractivity contribution in [1.29, 1.82) is 0 Å². The minimum absolute atomic E-state index is 0.0112. The van der Waals surface area contributed by atoms with Crippen molar-refractivity contribution in [3.63, 3.8) is 0 Å². The monoisotopic (exact) mass is 618 g/mol. The first-order valence-corrected chi connectivity index (χ1v) is 16.6. The van der Waals surface area contributed by atoms with Crippen LogP contribution in [0.2, 0.25) is 0 Å². The Balaban J connectivity index is 1.30. The molecule has 2 aromatic heterocycles. The minimum Gasteiger partial charge on any atom is -0.611 e. The highest BCUT2D eigenvalue weighted by Gasteiger charge is 2.31. The predicted octanol–water partition coefficient (Wildman–Crippen LogP) is 5.68. The zero-order valence-electron chi connectivity index (χ0n) is 25.2. The minimum atomic E-state index is -1.38. The number of aromatic nitrogens is 3. The molecule has 3 heterocycles. The summed E-state index contributed by atoms with van der Waals surface area (Å²) >= 11 is -1.38. The van der Waals surface area contributed by atoms with Gasteiger partial charge in [-0.2, -0.15) is 4.98 Å². The fourth-order valence-electron chi connectivity index (χ4n) is 6.09. The van der Waals surface area contributed by atoms with E-state index in [1.165, 1.54) is 10.6 Å². The Morgan fingerprint density at radius 1 is 1.07 bits per heavy atom. The smallest absolute Gasteiger partial charge is 0.294 e. The number of piperidine rings is 1. The van der Waals surface area contributed by atoms with Crippen molar-refractivity contribution in [1.82, 2.24) is 19.4 Å². The zero-order chi connectivity index (χ0) is 30.6. The van der Waals surface area contributed by atoms with Gasteiger partial charge >= 0.3 is 0 Å². The van der Waals surface area contributed by atoms with Crippen LogP contribution < -0.4 is 20.9 Å². The van der Waals surface area contributed by atoms with Gasteiger partial charge in [-0.05, 0) is 119 Å². The number of hydrogen-bond acceptors (Lipinski definition) is 8. The Morgan fingerprint density at radius 2 is 1.80 bits per heavy atom. The van der Waals surface area contributed by atoms with Crippen molar-refractivity contribution in [3.05, 3.63) is 76.5 Å². The molecule has 0 radical (unpaired) electrons. The summed E-state index contributed by atoms with van der Waals surface area (Å²) in [5.41, 5.74) is 1.97. The average Bonchev–Trinajstić information content (AvgIpc) is 3.57. The zero-order valence-corrected chi connectivity index (χ0v) is 26.0. The van der Waals surface area contributed by atoms with Gasteiger partial charge in [0.2, 0.25) is 5.95 Å². The summed E-state index contributed by atoms with van der Waals surface area (Å²) in [4.78, 5) is 25.6. The fraction of sp³-hybridized carbons (Fsp3) is 0.424. The number of pyridine rings is 1. The van der Waals surface area contributed by atoms with E-state index in [-0.39, 0.29) is 23.1 Å².